The molecule has 0 aliphatic heterocycles. The molecule has 0 amide bonds. The number of rotatable bonds is 8. The van der Waals surface area contributed by atoms with Crippen molar-refractivity contribution in [3.05, 3.63) is 174 Å². The predicted octanol–water partition coefficient (Wildman–Crippen LogP) is 7.85. The van der Waals surface area contributed by atoms with Gasteiger partial charge in [-0.05, 0) is 83.3 Å². The quantitative estimate of drug-likeness (QED) is 0.0981. The topological polar surface area (TPSA) is 0 Å². The van der Waals surface area contributed by atoms with Gasteiger partial charge in [-0.1, -0.05) is 165 Å². The van der Waals surface area contributed by atoms with Gasteiger partial charge >= 0.3 is 0 Å². The van der Waals surface area contributed by atoms with Crippen molar-refractivity contribution < 1.29 is 0 Å². The summed E-state index contributed by atoms with van der Waals surface area (Å²) in [5.41, 5.74) is 5.81. The van der Waals surface area contributed by atoms with Crippen molar-refractivity contribution in [1.29, 1.82) is 0 Å². The molecule has 0 bridgehead atoms. The number of benzene rings is 5. The van der Waals surface area contributed by atoms with Crippen molar-refractivity contribution in [3.8, 4) is 12.3 Å². The number of allylic oxidation sites excluding steroid dienone is 4. The average molecular weight is 591 g/mol. The maximum absolute atomic E-state index is 5.44. The average Bonchev–Trinajstić information content (AvgIpc) is 3.05. The van der Waals surface area contributed by atoms with Crippen LogP contribution in [0.25, 0.3) is 0 Å². The molecular formula is C41H36P2. The number of hydrogen-bond acceptors (Lipinski definition) is 0. The largest absolute Gasteiger partial charge is 0.115 e. The van der Waals surface area contributed by atoms with E-state index in [9.17, 15) is 0 Å². The molecule has 43 heavy (non-hydrogen) atoms. The molecule has 0 fully saturated rings. The van der Waals surface area contributed by atoms with E-state index in [4.69, 9.17) is 6.42 Å². The summed E-state index contributed by atoms with van der Waals surface area (Å²) in [5.74, 6) is 2.59. The zero-order chi connectivity index (χ0) is 29.6. The maximum Gasteiger partial charge on any atom is 0.0152 e. The summed E-state index contributed by atoms with van der Waals surface area (Å²) in [7, 11) is -1.30. The van der Waals surface area contributed by atoms with Gasteiger partial charge in [0.05, 0.1) is 0 Å². The summed E-state index contributed by atoms with van der Waals surface area (Å²) in [6.45, 7) is 4.83. The summed E-state index contributed by atoms with van der Waals surface area (Å²) in [6.07, 6.45) is 15.4. The minimum Gasteiger partial charge on any atom is -0.115 e. The number of fused-ring (bicyclic) bond motifs is 2. The van der Waals surface area contributed by atoms with Crippen LogP contribution in [0.1, 0.15) is 36.1 Å². The van der Waals surface area contributed by atoms with Crippen LogP contribution in [0.2, 0.25) is 0 Å². The van der Waals surface area contributed by atoms with Crippen LogP contribution in [-0.4, -0.2) is 6.16 Å². The fraction of sp³-hybridized carbons (Fsp3) is 0.122. The molecule has 0 nitrogen and oxygen atoms in total. The monoisotopic (exact) mass is 590 g/mol. The molecular weight excluding hydrogens is 554 g/mol. The number of hydrogen-bond donors (Lipinski definition) is 0. The minimum absolute atomic E-state index is 0.105. The molecule has 0 heterocycles. The first kappa shape index (κ1) is 29.1. The fourth-order valence-electron chi connectivity index (χ4n) is 6.36. The highest BCUT2D eigenvalue weighted by atomic mass is 31.1. The van der Waals surface area contributed by atoms with Crippen molar-refractivity contribution in [2.24, 2.45) is 0 Å². The molecule has 210 valence electrons. The van der Waals surface area contributed by atoms with E-state index in [1.165, 1.54) is 48.8 Å². The Morgan fingerprint density at radius 1 is 0.628 bits per heavy atom. The van der Waals surface area contributed by atoms with Gasteiger partial charge in [-0.15, -0.1) is 6.42 Å². The lowest BCUT2D eigenvalue weighted by atomic mass is 9.69. The molecule has 5 aromatic rings. The molecule has 1 aliphatic rings. The summed E-state index contributed by atoms with van der Waals surface area (Å²) >= 11 is 0. The van der Waals surface area contributed by atoms with Gasteiger partial charge in [0.1, 0.15) is 0 Å². The van der Waals surface area contributed by atoms with E-state index in [1.54, 1.807) is 6.08 Å². The molecule has 0 aromatic heterocycles. The SMILES string of the molecule is C#C/C=C\C=C/C[P@](c1ccccc1)c1cccc2c1Cc1c(P(c3ccccc3)c3ccccc3)cccc1C2(C)C. The Balaban J connectivity index is 1.52. The third kappa shape index (κ3) is 5.95. The molecule has 1 atom stereocenters. The zero-order valence-corrected chi connectivity index (χ0v) is 26.6. The van der Waals surface area contributed by atoms with Crippen molar-refractivity contribution in [1.82, 2.24) is 0 Å². The second-order valence-electron chi connectivity index (χ2n) is 11.3. The van der Waals surface area contributed by atoms with Gasteiger partial charge in [0, 0.05) is 5.41 Å². The predicted molar refractivity (Wildman–Crippen MR) is 191 cm³/mol. The van der Waals surface area contributed by atoms with Crippen LogP contribution in [0.5, 0.6) is 0 Å². The molecule has 0 saturated carbocycles. The molecule has 1 aliphatic carbocycles. The van der Waals surface area contributed by atoms with Crippen LogP contribution in [0.15, 0.2) is 152 Å². The van der Waals surface area contributed by atoms with Gasteiger partial charge in [-0.2, -0.15) is 0 Å². The van der Waals surface area contributed by atoms with Gasteiger partial charge in [0.2, 0.25) is 0 Å². The van der Waals surface area contributed by atoms with Gasteiger partial charge in [-0.25, -0.2) is 0 Å². The molecule has 5 aromatic carbocycles. The smallest absolute Gasteiger partial charge is 0.0152 e. The van der Waals surface area contributed by atoms with Crippen molar-refractivity contribution in [2.75, 3.05) is 6.16 Å². The van der Waals surface area contributed by atoms with Gasteiger partial charge in [0.15, 0.2) is 0 Å². The normalized spacial score (nSPS) is 14.4. The van der Waals surface area contributed by atoms with Crippen molar-refractivity contribution in [3.63, 3.8) is 0 Å². The van der Waals surface area contributed by atoms with E-state index in [-0.39, 0.29) is 5.41 Å². The molecule has 0 saturated heterocycles. The van der Waals surface area contributed by atoms with E-state index in [0.717, 1.165) is 12.6 Å². The van der Waals surface area contributed by atoms with Gasteiger partial charge in [0.25, 0.3) is 0 Å². The highest BCUT2D eigenvalue weighted by Crippen LogP contribution is 2.46. The molecule has 6 rings (SSSR count). The standard InChI is InChI=1S/C41H36P2/c1-4-5-6-7-17-30-42(32-20-11-8-12-21-32)39-28-18-26-37-35(39)31-36-38(41(37,2)3)27-19-29-40(36)43(33-22-13-9-14-23-33)34-24-15-10-16-25-34/h1,5-29H,30-31H2,2-3H3/b6-5-,17-7-/t42-/m1/s1. The molecule has 0 N–H and O–H groups in total. The lowest BCUT2D eigenvalue weighted by molar-refractivity contribution is 0.613. The second-order valence-corrected chi connectivity index (χ2v) is 15.7. The fourth-order valence-corrected chi connectivity index (χ4v) is 11.2. The molecule has 0 unspecified atom stereocenters. The lowest BCUT2D eigenvalue weighted by Crippen LogP contribution is -2.35. The first-order valence-corrected chi connectivity index (χ1v) is 17.7. The van der Waals surface area contributed by atoms with Crippen molar-refractivity contribution in [2.45, 2.75) is 25.7 Å². The first-order valence-electron chi connectivity index (χ1n) is 14.8. The summed E-state index contributed by atoms with van der Waals surface area (Å²) in [4.78, 5) is 0. The van der Waals surface area contributed by atoms with E-state index in [1.807, 2.05) is 6.08 Å². The Labute approximate surface area is 259 Å². The van der Waals surface area contributed by atoms with Gasteiger partial charge < -0.3 is 0 Å². The maximum atomic E-state index is 5.44. The van der Waals surface area contributed by atoms with Gasteiger partial charge in [-0.3, -0.25) is 0 Å². The molecule has 0 radical (unpaired) electrons. The minimum atomic E-state index is -0.705. The van der Waals surface area contributed by atoms with Crippen LogP contribution < -0.4 is 26.5 Å². The van der Waals surface area contributed by atoms with E-state index < -0.39 is 15.8 Å². The Kier molecular flexibility index (Phi) is 8.87. The van der Waals surface area contributed by atoms with Crippen LogP contribution in [0.4, 0.5) is 0 Å². The first-order chi connectivity index (χ1) is 21.1. The highest BCUT2D eigenvalue weighted by molar-refractivity contribution is 7.80. The second kappa shape index (κ2) is 13.1. The van der Waals surface area contributed by atoms with Crippen LogP contribution in [-0.2, 0) is 11.8 Å². The Morgan fingerprint density at radius 3 is 1.70 bits per heavy atom. The van der Waals surface area contributed by atoms with Crippen LogP contribution in [0.3, 0.4) is 0 Å². The molecule has 0 spiro atoms. The third-order valence-corrected chi connectivity index (χ3v) is 13.4. The van der Waals surface area contributed by atoms with E-state index >= 15 is 0 Å². The van der Waals surface area contributed by atoms with E-state index in [0.29, 0.717) is 0 Å². The lowest BCUT2D eigenvalue weighted by Gasteiger charge is -2.39. The Hall–Kier alpha value is -4.00. The Morgan fingerprint density at radius 2 is 1.14 bits per heavy atom. The van der Waals surface area contributed by atoms with Crippen LogP contribution in [0, 0.1) is 12.3 Å². The summed E-state index contributed by atoms with van der Waals surface area (Å²) in [5, 5.41) is 7.16. The van der Waals surface area contributed by atoms with Crippen molar-refractivity contribution >= 4 is 42.4 Å². The summed E-state index contributed by atoms with van der Waals surface area (Å²) in [6, 6.07) is 47.4. The highest BCUT2D eigenvalue weighted by Gasteiger charge is 2.36. The molecule has 2 heteroatoms. The van der Waals surface area contributed by atoms with Crippen LogP contribution >= 0.6 is 15.8 Å². The Bertz CT molecular complexity index is 1750. The zero-order valence-electron chi connectivity index (χ0n) is 24.8. The number of terminal acetylenes is 1. The summed E-state index contributed by atoms with van der Waals surface area (Å²) < 4.78 is 0. The third-order valence-electron chi connectivity index (χ3n) is 8.36. The van der Waals surface area contributed by atoms with E-state index in [2.05, 4.69) is 159 Å².